The molecule has 1 aromatic rings. The first kappa shape index (κ1) is 15.9. The number of ether oxygens (including phenoxy) is 2. The minimum atomic E-state index is -0.0926. The Balaban J connectivity index is 1.48. The lowest BCUT2D eigenvalue weighted by Crippen LogP contribution is -2.52. The highest BCUT2D eigenvalue weighted by Crippen LogP contribution is 2.30. The Labute approximate surface area is 137 Å². The molecule has 0 aromatic heterocycles. The zero-order valence-electron chi connectivity index (χ0n) is 13.8. The number of carbonyl (C=O) groups excluding carboxylic acids is 1. The number of hydrogen-bond donors (Lipinski definition) is 2. The monoisotopic (exact) mass is 319 g/mol. The highest BCUT2D eigenvalue weighted by Gasteiger charge is 2.34. The summed E-state index contributed by atoms with van der Waals surface area (Å²) >= 11 is 0. The maximum Gasteiger partial charge on any atom is 0.315 e. The van der Waals surface area contributed by atoms with Crippen molar-refractivity contribution >= 4 is 11.7 Å². The Morgan fingerprint density at radius 3 is 2.91 bits per heavy atom. The Morgan fingerprint density at radius 2 is 2.22 bits per heavy atom. The van der Waals surface area contributed by atoms with Crippen LogP contribution in [0, 0.1) is 5.41 Å². The molecule has 2 amide bonds. The van der Waals surface area contributed by atoms with Crippen LogP contribution in [0.5, 0.6) is 5.75 Å². The average Bonchev–Trinajstić information content (AvgIpc) is 2.99. The fourth-order valence-corrected chi connectivity index (χ4v) is 3.07. The molecule has 2 aliphatic heterocycles. The molecule has 0 bridgehead atoms. The molecule has 126 valence electrons. The molecule has 2 aliphatic rings. The number of hydrogen-bond acceptors (Lipinski definition) is 4. The maximum atomic E-state index is 12.0. The lowest BCUT2D eigenvalue weighted by molar-refractivity contribution is -0.0975. The summed E-state index contributed by atoms with van der Waals surface area (Å²) in [6.45, 7) is 5.93. The van der Waals surface area contributed by atoms with Crippen LogP contribution in [0.15, 0.2) is 24.3 Å². The van der Waals surface area contributed by atoms with Crippen molar-refractivity contribution in [2.45, 2.75) is 19.4 Å². The van der Waals surface area contributed by atoms with Crippen molar-refractivity contribution in [2.24, 2.45) is 5.41 Å². The molecule has 2 N–H and O–H groups in total. The Kier molecular flexibility index (Phi) is 4.61. The van der Waals surface area contributed by atoms with Crippen molar-refractivity contribution < 1.29 is 14.3 Å². The number of para-hydroxylation sites is 2. The van der Waals surface area contributed by atoms with Gasteiger partial charge in [0.25, 0.3) is 0 Å². The molecule has 0 radical (unpaired) electrons. The Hall–Kier alpha value is -1.95. The Morgan fingerprint density at radius 1 is 1.43 bits per heavy atom. The van der Waals surface area contributed by atoms with Crippen LogP contribution >= 0.6 is 0 Å². The molecule has 0 spiro atoms. The van der Waals surface area contributed by atoms with Crippen molar-refractivity contribution in [2.75, 3.05) is 44.9 Å². The van der Waals surface area contributed by atoms with Gasteiger partial charge < -0.3 is 25.0 Å². The first-order valence-corrected chi connectivity index (χ1v) is 8.10. The van der Waals surface area contributed by atoms with Gasteiger partial charge in [-0.05, 0) is 18.6 Å². The van der Waals surface area contributed by atoms with E-state index >= 15 is 0 Å². The number of nitrogens with zero attached hydrogens (tertiary/aromatic N) is 1. The van der Waals surface area contributed by atoms with Gasteiger partial charge in [-0.15, -0.1) is 0 Å². The minimum absolute atomic E-state index is 0.0926. The summed E-state index contributed by atoms with van der Waals surface area (Å²) in [7, 11) is 1.68. The summed E-state index contributed by atoms with van der Waals surface area (Å²) in [5, 5.41) is 6.02. The van der Waals surface area contributed by atoms with Crippen LogP contribution in [-0.2, 0) is 4.74 Å². The SMILES string of the molecule is COc1ccccc1N1CCC(NC(=O)NCC2(C)COC2)C1. The number of amides is 2. The summed E-state index contributed by atoms with van der Waals surface area (Å²) in [6.07, 6.45) is 0.936. The van der Waals surface area contributed by atoms with Gasteiger partial charge in [-0.2, -0.15) is 0 Å². The van der Waals surface area contributed by atoms with Crippen molar-refractivity contribution in [3.05, 3.63) is 24.3 Å². The van der Waals surface area contributed by atoms with Crippen LogP contribution in [0.4, 0.5) is 10.5 Å². The van der Waals surface area contributed by atoms with Crippen LogP contribution in [0.2, 0.25) is 0 Å². The van der Waals surface area contributed by atoms with Crippen LogP contribution in [0.25, 0.3) is 0 Å². The van der Waals surface area contributed by atoms with Crippen molar-refractivity contribution in [3.8, 4) is 5.75 Å². The molecular formula is C17H25N3O3. The highest BCUT2D eigenvalue weighted by atomic mass is 16.5. The van der Waals surface area contributed by atoms with Gasteiger partial charge in [0.05, 0.1) is 26.0 Å². The molecule has 1 aromatic carbocycles. The van der Waals surface area contributed by atoms with E-state index in [0.717, 1.165) is 44.2 Å². The predicted molar refractivity (Wildman–Crippen MR) is 89.1 cm³/mol. The highest BCUT2D eigenvalue weighted by molar-refractivity contribution is 5.74. The van der Waals surface area contributed by atoms with Gasteiger partial charge in [0, 0.05) is 31.1 Å². The van der Waals surface area contributed by atoms with Gasteiger partial charge >= 0.3 is 6.03 Å². The lowest BCUT2D eigenvalue weighted by Gasteiger charge is -2.38. The molecule has 1 unspecified atom stereocenters. The number of urea groups is 1. The van der Waals surface area contributed by atoms with E-state index in [1.165, 1.54) is 0 Å². The van der Waals surface area contributed by atoms with Crippen LogP contribution < -0.4 is 20.3 Å². The molecule has 1 atom stereocenters. The topological polar surface area (TPSA) is 62.8 Å². The fourth-order valence-electron chi connectivity index (χ4n) is 3.07. The van der Waals surface area contributed by atoms with Crippen molar-refractivity contribution in [3.63, 3.8) is 0 Å². The van der Waals surface area contributed by atoms with E-state index < -0.39 is 0 Å². The first-order valence-electron chi connectivity index (χ1n) is 8.10. The number of rotatable bonds is 5. The second-order valence-corrected chi connectivity index (χ2v) is 6.73. The molecule has 2 saturated heterocycles. The minimum Gasteiger partial charge on any atom is -0.495 e. The fraction of sp³-hybridized carbons (Fsp3) is 0.588. The second kappa shape index (κ2) is 6.66. The van der Waals surface area contributed by atoms with E-state index in [2.05, 4.69) is 28.5 Å². The summed E-state index contributed by atoms with van der Waals surface area (Å²) in [5.41, 5.74) is 1.18. The van der Waals surface area contributed by atoms with E-state index in [1.807, 2.05) is 18.2 Å². The predicted octanol–water partition coefficient (Wildman–Crippen LogP) is 1.61. The Bertz CT molecular complexity index is 560. The summed E-state index contributed by atoms with van der Waals surface area (Å²) in [6, 6.07) is 8.05. The van der Waals surface area contributed by atoms with E-state index in [4.69, 9.17) is 9.47 Å². The van der Waals surface area contributed by atoms with Crippen LogP contribution in [0.1, 0.15) is 13.3 Å². The van der Waals surface area contributed by atoms with Gasteiger partial charge in [-0.25, -0.2) is 4.79 Å². The van der Waals surface area contributed by atoms with Crippen molar-refractivity contribution in [1.29, 1.82) is 0 Å². The lowest BCUT2D eigenvalue weighted by atomic mass is 9.89. The van der Waals surface area contributed by atoms with Gasteiger partial charge in [0.1, 0.15) is 5.75 Å². The molecular weight excluding hydrogens is 294 g/mol. The van der Waals surface area contributed by atoms with Gasteiger partial charge in [0.2, 0.25) is 0 Å². The van der Waals surface area contributed by atoms with E-state index in [9.17, 15) is 4.79 Å². The van der Waals surface area contributed by atoms with Crippen LogP contribution in [-0.4, -0.2) is 52.0 Å². The molecule has 6 nitrogen and oxygen atoms in total. The quantitative estimate of drug-likeness (QED) is 0.865. The molecule has 23 heavy (non-hydrogen) atoms. The number of methoxy groups -OCH3 is 1. The molecule has 2 heterocycles. The largest absolute Gasteiger partial charge is 0.495 e. The van der Waals surface area contributed by atoms with Crippen LogP contribution in [0.3, 0.4) is 0 Å². The summed E-state index contributed by atoms with van der Waals surface area (Å²) in [5.74, 6) is 0.871. The standard InChI is InChI=1S/C17H25N3O3/c1-17(11-23-12-17)10-18-16(21)19-13-7-8-20(9-13)14-5-3-4-6-15(14)22-2/h3-6,13H,7-12H2,1-2H3,(H2,18,19,21). The summed E-state index contributed by atoms with van der Waals surface area (Å²) in [4.78, 5) is 14.3. The second-order valence-electron chi connectivity index (χ2n) is 6.73. The number of anilines is 1. The number of carbonyl (C=O) groups is 1. The first-order chi connectivity index (χ1) is 11.1. The third kappa shape index (κ3) is 3.69. The third-order valence-electron chi connectivity index (χ3n) is 4.53. The molecule has 3 rings (SSSR count). The van der Waals surface area contributed by atoms with Gasteiger partial charge in [0.15, 0.2) is 0 Å². The van der Waals surface area contributed by atoms with Crippen molar-refractivity contribution in [1.82, 2.24) is 10.6 Å². The third-order valence-corrected chi connectivity index (χ3v) is 4.53. The number of nitrogens with one attached hydrogen (secondary N) is 2. The zero-order valence-corrected chi connectivity index (χ0v) is 13.8. The molecule has 0 saturated carbocycles. The van der Waals surface area contributed by atoms with Gasteiger partial charge in [-0.3, -0.25) is 0 Å². The summed E-state index contributed by atoms with van der Waals surface area (Å²) < 4.78 is 10.6. The van der Waals surface area contributed by atoms with E-state index in [1.54, 1.807) is 7.11 Å². The number of benzene rings is 1. The normalized spacial score (nSPS) is 22.3. The maximum absolute atomic E-state index is 12.0. The zero-order chi connectivity index (χ0) is 16.3. The molecule has 6 heteroatoms. The molecule has 2 fully saturated rings. The average molecular weight is 319 g/mol. The smallest absolute Gasteiger partial charge is 0.315 e. The molecule has 0 aliphatic carbocycles. The van der Waals surface area contributed by atoms with E-state index in [-0.39, 0.29) is 17.5 Å². The van der Waals surface area contributed by atoms with E-state index in [0.29, 0.717) is 6.54 Å². The van der Waals surface area contributed by atoms with Gasteiger partial charge in [-0.1, -0.05) is 19.1 Å².